The highest BCUT2D eigenvalue weighted by molar-refractivity contribution is 5.79. The fourth-order valence-electron chi connectivity index (χ4n) is 3.13. The van der Waals surface area contributed by atoms with Gasteiger partial charge in [-0.05, 0) is 24.7 Å². The number of fused-ring (bicyclic) bond motifs is 1. The third-order valence-corrected chi connectivity index (χ3v) is 3.83. The van der Waals surface area contributed by atoms with E-state index in [0.717, 1.165) is 0 Å². The van der Waals surface area contributed by atoms with Gasteiger partial charge in [-0.3, -0.25) is 0 Å². The van der Waals surface area contributed by atoms with Crippen molar-refractivity contribution in [3.05, 3.63) is 0 Å². The zero-order chi connectivity index (χ0) is 10.2. The molecule has 0 aromatic rings. The summed E-state index contributed by atoms with van der Waals surface area (Å²) >= 11 is 0. The number of aliphatic hydroxyl groups is 1. The van der Waals surface area contributed by atoms with Crippen LogP contribution in [-0.2, 0) is 9.53 Å². The molecule has 14 heavy (non-hydrogen) atoms. The minimum absolute atomic E-state index is 0.438. The van der Waals surface area contributed by atoms with E-state index in [-0.39, 0.29) is 0 Å². The van der Waals surface area contributed by atoms with Crippen molar-refractivity contribution in [2.24, 2.45) is 11.8 Å². The molecule has 0 aliphatic heterocycles. The standard InChI is InChI=1S/C11H18O3/c1-14-10(12)11(13)6-8-4-2-3-5-9(8)7-11/h8-9,13H,2-7H2,1H3. The summed E-state index contributed by atoms with van der Waals surface area (Å²) in [6, 6.07) is 0. The van der Waals surface area contributed by atoms with Gasteiger partial charge in [-0.2, -0.15) is 0 Å². The minimum Gasteiger partial charge on any atom is -0.467 e. The molecule has 2 rings (SSSR count). The van der Waals surface area contributed by atoms with Crippen molar-refractivity contribution >= 4 is 5.97 Å². The van der Waals surface area contributed by atoms with Crippen LogP contribution in [0.2, 0.25) is 0 Å². The van der Waals surface area contributed by atoms with E-state index in [1.54, 1.807) is 0 Å². The van der Waals surface area contributed by atoms with Gasteiger partial charge in [0, 0.05) is 0 Å². The second-order valence-electron chi connectivity index (χ2n) is 4.74. The number of methoxy groups -OCH3 is 1. The smallest absolute Gasteiger partial charge is 0.337 e. The van der Waals surface area contributed by atoms with Crippen molar-refractivity contribution in [2.75, 3.05) is 7.11 Å². The van der Waals surface area contributed by atoms with Crippen molar-refractivity contribution in [3.63, 3.8) is 0 Å². The second-order valence-corrected chi connectivity index (χ2v) is 4.74. The summed E-state index contributed by atoms with van der Waals surface area (Å²) in [5.41, 5.74) is -1.17. The van der Waals surface area contributed by atoms with Gasteiger partial charge in [-0.15, -0.1) is 0 Å². The molecule has 3 nitrogen and oxygen atoms in total. The van der Waals surface area contributed by atoms with E-state index in [0.29, 0.717) is 24.7 Å². The van der Waals surface area contributed by atoms with Crippen molar-refractivity contribution in [1.29, 1.82) is 0 Å². The van der Waals surface area contributed by atoms with Gasteiger partial charge in [-0.1, -0.05) is 25.7 Å². The molecule has 2 saturated carbocycles. The SMILES string of the molecule is COC(=O)C1(O)CC2CCCCC2C1. The van der Waals surface area contributed by atoms with E-state index in [9.17, 15) is 9.90 Å². The number of ether oxygens (including phenoxy) is 1. The summed E-state index contributed by atoms with van der Waals surface area (Å²) in [7, 11) is 1.35. The van der Waals surface area contributed by atoms with Crippen molar-refractivity contribution in [2.45, 2.75) is 44.1 Å². The Morgan fingerprint density at radius 2 is 1.79 bits per heavy atom. The first-order valence-electron chi connectivity index (χ1n) is 5.46. The van der Waals surface area contributed by atoms with Crippen LogP contribution in [0.5, 0.6) is 0 Å². The number of carbonyl (C=O) groups excluding carboxylic acids is 1. The van der Waals surface area contributed by atoms with E-state index in [4.69, 9.17) is 0 Å². The van der Waals surface area contributed by atoms with Gasteiger partial charge < -0.3 is 9.84 Å². The van der Waals surface area contributed by atoms with Crippen LogP contribution in [-0.4, -0.2) is 23.8 Å². The maximum absolute atomic E-state index is 11.4. The summed E-state index contributed by atoms with van der Waals surface area (Å²) in [6.45, 7) is 0. The maximum atomic E-state index is 11.4. The molecular weight excluding hydrogens is 180 g/mol. The first kappa shape index (κ1) is 9.97. The van der Waals surface area contributed by atoms with Gasteiger partial charge in [0.1, 0.15) is 0 Å². The number of rotatable bonds is 1. The number of esters is 1. The largest absolute Gasteiger partial charge is 0.467 e. The van der Waals surface area contributed by atoms with Crippen LogP contribution < -0.4 is 0 Å². The number of hydrogen-bond acceptors (Lipinski definition) is 3. The summed E-state index contributed by atoms with van der Waals surface area (Å²) in [5.74, 6) is 0.660. The second kappa shape index (κ2) is 3.54. The zero-order valence-electron chi connectivity index (χ0n) is 8.66. The Morgan fingerprint density at radius 1 is 1.29 bits per heavy atom. The topological polar surface area (TPSA) is 46.5 Å². The fraction of sp³-hybridized carbons (Fsp3) is 0.909. The molecule has 2 unspecified atom stereocenters. The molecule has 0 heterocycles. The van der Waals surface area contributed by atoms with Crippen molar-refractivity contribution in [1.82, 2.24) is 0 Å². The number of hydrogen-bond donors (Lipinski definition) is 1. The molecule has 2 atom stereocenters. The molecule has 0 amide bonds. The molecule has 2 aliphatic carbocycles. The summed E-state index contributed by atoms with van der Waals surface area (Å²) < 4.78 is 4.65. The predicted molar refractivity (Wildman–Crippen MR) is 51.6 cm³/mol. The molecule has 2 fully saturated rings. The number of carbonyl (C=O) groups is 1. The quantitative estimate of drug-likeness (QED) is 0.649. The molecule has 0 saturated heterocycles. The van der Waals surface area contributed by atoms with Crippen LogP contribution in [0.1, 0.15) is 38.5 Å². The maximum Gasteiger partial charge on any atom is 0.337 e. The average Bonchev–Trinajstić information content (AvgIpc) is 2.54. The molecule has 0 bridgehead atoms. The third kappa shape index (κ3) is 1.54. The molecule has 1 N–H and O–H groups in total. The van der Waals surface area contributed by atoms with Crippen LogP contribution in [0, 0.1) is 11.8 Å². The van der Waals surface area contributed by atoms with Crippen molar-refractivity contribution in [3.8, 4) is 0 Å². The van der Waals surface area contributed by atoms with Crippen molar-refractivity contribution < 1.29 is 14.6 Å². The van der Waals surface area contributed by atoms with Crippen LogP contribution in [0.4, 0.5) is 0 Å². The zero-order valence-corrected chi connectivity index (χ0v) is 8.66. The first-order valence-corrected chi connectivity index (χ1v) is 5.46. The first-order chi connectivity index (χ1) is 6.65. The Labute approximate surface area is 84.4 Å². The Balaban J connectivity index is 2.07. The van der Waals surface area contributed by atoms with E-state index in [2.05, 4.69) is 4.74 Å². The van der Waals surface area contributed by atoms with Gasteiger partial charge in [0.15, 0.2) is 5.60 Å². The highest BCUT2D eigenvalue weighted by atomic mass is 16.5. The van der Waals surface area contributed by atoms with Gasteiger partial charge in [0.05, 0.1) is 7.11 Å². The van der Waals surface area contributed by atoms with Crippen LogP contribution >= 0.6 is 0 Å². The lowest BCUT2D eigenvalue weighted by Gasteiger charge is -2.23. The lowest BCUT2D eigenvalue weighted by Crippen LogP contribution is -2.37. The normalized spacial score (nSPS) is 41.9. The van der Waals surface area contributed by atoms with Crippen LogP contribution in [0.3, 0.4) is 0 Å². The Morgan fingerprint density at radius 3 is 2.21 bits per heavy atom. The van der Waals surface area contributed by atoms with Gasteiger partial charge in [0.2, 0.25) is 0 Å². The van der Waals surface area contributed by atoms with Gasteiger partial charge in [0.25, 0.3) is 0 Å². The van der Waals surface area contributed by atoms with E-state index in [1.165, 1.54) is 32.8 Å². The van der Waals surface area contributed by atoms with Gasteiger partial charge in [-0.25, -0.2) is 4.79 Å². The summed E-state index contributed by atoms with van der Waals surface area (Å²) in [6.07, 6.45) is 6.07. The van der Waals surface area contributed by atoms with E-state index < -0.39 is 11.6 Å². The predicted octanol–water partition coefficient (Wildman–Crippen LogP) is 1.49. The van der Waals surface area contributed by atoms with Crippen LogP contribution in [0.25, 0.3) is 0 Å². The van der Waals surface area contributed by atoms with Crippen LogP contribution in [0.15, 0.2) is 0 Å². The van der Waals surface area contributed by atoms with E-state index in [1.807, 2.05) is 0 Å². The lowest BCUT2D eigenvalue weighted by atomic mass is 9.82. The molecule has 0 spiro atoms. The highest BCUT2D eigenvalue weighted by Crippen LogP contribution is 2.47. The molecular formula is C11H18O3. The minimum atomic E-state index is -1.17. The fourth-order valence-corrected chi connectivity index (χ4v) is 3.13. The molecule has 0 aromatic carbocycles. The molecule has 0 aromatic heterocycles. The molecule has 0 radical (unpaired) electrons. The van der Waals surface area contributed by atoms with Gasteiger partial charge >= 0.3 is 5.97 Å². The third-order valence-electron chi connectivity index (χ3n) is 3.83. The Kier molecular flexibility index (Phi) is 2.52. The summed E-state index contributed by atoms with van der Waals surface area (Å²) in [4.78, 5) is 11.4. The monoisotopic (exact) mass is 198 g/mol. The Hall–Kier alpha value is -0.570. The molecule has 2 aliphatic rings. The lowest BCUT2D eigenvalue weighted by molar-refractivity contribution is -0.162. The highest BCUT2D eigenvalue weighted by Gasteiger charge is 2.49. The molecule has 3 heteroatoms. The molecule has 80 valence electrons. The van der Waals surface area contributed by atoms with E-state index >= 15 is 0 Å². The Bertz CT molecular complexity index is 223. The summed E-state index contributed by atoms with van der Waals surface area (Å²) in [5, 5.41) is 10.1. The average molecular weight is 198 g/mol.